The Kier molecular flexibility index (Phi) is 24.5. The monoisotopic (exact) mass is 1270 g/mol. The number of carbonyl (C=O) groups excluding carboxylic acids is 2. The average Bonchev–Trinajstić information content (AvgIpc) is 4.11. The summed E-state index contributed by atoms with van der Waals surface area (Å²) in [5.41, 5.74) is 8.33. The molecule has 0 spiro atoms. The fourth-order valence-electron chi connectivity index (χ4n) is 12.7. The maximum Gasteiger partial charge on any atom is 0.159 e. The van der Waals surface area contributed by atoms with Crippen molar-refractivity contribution in [2.75, 3.05) is 58.3 Å². The van der Waals surface area contributed by atoms with Crippen molar-refractivity contribution in [2.24, 2.45) is 39.7 Å². The lowest BCUT2D eigenvalue weighted by Gasteiger charge is -2.49. The number of allylic oxidation sites excluding steroid dienone is 2. The maximum absolute atomic E-state index is 12.4. The standard InChI is InChI=1S/C14H23NO.C14H21NO.C9H15NO.C5H10Br2.C4H8Br2O.C4H8Br2/c2*1-10-5-4-8-15(10)14-7-6-11(9-12(14)16)13(14,2)3;1-8(2)6-3-4-9(8,10)7(11)5-6;6-4-2-1-3-5-7;5-1-3-7-4-2-6;5-3-1-2-4-6/h11-12,16H,1,4-9H2,2-3H3;11H,1,4-9H2,2-3H3;6H,3-5,10H2,1-2H3;1-5H2;1-4H2;1-4H2. The first kappa shape index (κ1) is 58.5. The van der Waals surface area contributed by atoms with E-state index in [1.807, 2.05) is 0 Å². The summed E-state index contributed by atoms with van der Waals surface area (Å²) in [6.45, 7) is 25.7. The highest BCUT2D eigenvalue weighted by atomic mass is 79.9. The second kappa shape index (κ2) is 26.4. The fraction of sp³-hybridized carbons (Fsp3) is 0.880. The number of ether oxygens (including phenoxy) is 1. The Morgan fingerprint density at radius 1 is 0.619 bits per heavy atom. The minimum absolute atomic E-state index is 0.00521. The molecule has 8 fully saturated rings. The summed E-state index contributed by atoms with van der Waals surface area (Å²) in [5, 5.41) is 16.9. The van der Waals surface area contributed by atoms with Gasteiger partial charge < -0.3 is 25.4 Å². The molecular formula is C50H85Br6N3O4. The molecule has 6 aliphatic carbocycles. The van der Waals surface area contributed by atoms with Gasteiger partial charge in [-0.15, -0.1) is 0 Å². The molecule has 7 atom stereocenters. The normalized spacial score (nSPS) is 33.2. The molecule has 0 aromatic rings. The molecule has 0 aromatic heterocycles. The molecule has 2 aliphatic heterocycles. The Bertz CT molecular complexity index is 1460. The van der Waals surface area contributed by atoms with Crippen molar-refractivity contribution in [3.63, 3.8) is 0 Å². The molecule has 366 valence electrons. The summed E-state index contributed by atoms with van der Waals surface area (Å²) < 4.78 is 5.04. The lowest BCUT2D eigenvalue weighted by atomic mass is 9.74. The first-order chi connectivity index (χ1) is 29.7. The minimum Gasteiger partial charge on any atom is -0.391 e. The van der Waals surface area contributed by atoms with Gasteiger partial charge in [-0.3, -0.25) is 9.59 Å². The van der Waals surface area contributed by atoms with Crippen LogP contribution in [0.5, 0.6) is 0 Å². The van der Waals surface area contributed by atoms with Gasteiger partial charge in [0.25, 0.3) is 0 Å². The van der Waals surface area contributed by atoms with E-state index in [-0.39, 0.29) is 33.4 Å². The number of Topliss-reactive ketones (excluding diaryl/α,β-unsaturated/α-hetero) is 2. The van der Waals surface area contributed by atoms with Crippen molar-refractivity contribution in [3.8, 4) is 0 Å². The van der Waals surface area contributed by atoms with Gasteiger partial charge in [-0.2, -0.15) is 0 Å². The summed E-state index contributed by atoms with van der Waals surface area (Å²) in [6.07, 6.45) is 20.3. The van der Waals surface area contributed by atoms with Crippen molar-refractivity contribution in [1.82, 2.24) is 9.80 Å². The Morgan fingerprint density at radius 2 is 1.08 bits per heavy atom. The van der Waals surface area contributed by atoms with E-state index < -0.39 is 5.54 Å². The second-order valence-corrected chi connectivity index (χ2v) is 25.5. The number of hydrogen-bond donors (Lipinski definition) is 2. The molecule has 3 N–H and O–H groups in total. The van der Waals surface area contributed by atoms with Gasteiger partial charge in [0.1, 0.15) is 5.54 Å². The molecule has 8 aliphatic rings. The number of unbranched alkanes of at least 4 members (excludes halogenated alkanes) is 3. The highest BCUT2D eigenvalue weighted by Gasteiger charge is 2.68. The van der Waals surface area contributed by atoms with Crippen LogP contribution in [0.1, 0.15) is 157 Å². The average molecular weight is 1270 g/mol. The first-order valence-corrected chi connectivity index (χ1v) is 30.8. The lowest BCUT2D eigenvalue weighted by Crippen LogP contribution is -2.57. The molecule has 8 rings (SSSR count). The van der Waals surface area contributed by atoms with E-state index >= 15 is 0 Å². The summed E-state index contributed by atoms with van der Waals surface area (Å²) >= 11 is 19.9. The third-order valence-electron chi connectivity index (χ3n) is 17.0. The van der Waals surface area contributed by atoms with Crippen molar-refractivity contribution < 1.29 is 19.4 Å². The number of nitrogens with zero attached hydrogens (tertiary/aromatic N) is 2. The number of aliphatic hydroxyl groups is 1. The highest BCUT2D eigenvalue weighted by Crippen LogP contribution is 2.65. The third-order valence-corrected chi connectivity index (χ3v) is 19.9. The molecule has 0 radical (unpaired) electrons. The third kappa shape index (κ3) is 12.6. The van der Waals surface area contributed by atoms with Crippen molar-refractivity contribution in [1.29, 1.82) is 0 Å². The van der Waals surface area contributed by atoms with Crippen LogP contribution in [0.3, 0.4) is 0 Å². The summed E-state index contributed by atoms with van der Waals surface area (Å²) in [5.74, 6) is 2.64. The smallest absolute Gasteiger partial charge is 0.159 e. The number of rotatable bonds is 13. The predicted molar refractivity (Wildman–Crippen MR) is 289 cm³/mol. The summed E-state index contributed by atoms with van der Waals surface area (Å²) in [7, 11) is 0. The highest BCUT2D eigenvalue weighted by molar-refractivity contribution is 9.10. The number of ketones is 2. The number of alkyl halides is 6. The maximum atomic E-state index is 12.4. The largest absolute Gasteiger partial charge is 0.391 e. The van der Waals surface area contributed by atoms with Crippen LogP contribution in [0, 0.1) is 34.0 Å². The number of fused-ring (bicyclic) bond motifs is 6. The molecule has 63 heavy (non-hydrogen) atoms. The van der Waals surface area contributed by atoms with Gasteiger partial charge >= 0.3 is 0 Å². The van der Waals surface area contributed by atoms with E-state index in [4.69, 9.17) is 10.5 Å². The van der Waals surface area contributed by atoms with Crippen LogP contribution in [0.4, 0.5) is 0 Å². The van der Waals surface area contributed by atoms with Gasteiger partial charge in [-0.25, -0.2) is 0 Å². The van der Waals surface area contributed by atoms with Crippen LogP contribution < -0.4 is 5.73 Å². The predicted octanol–water partition coefficient (Wildman–Crippen LogP) is 13.7. The molecule has 7 nitrogen and oxygen atoms in total. The number of nitrogens with two attached hydrogens (primary N) is 1. The van der Waals surface area contributed by atoms with E-state index in [0.29, 0.717) is 29.3 Å². The quantitative estimate of drug-likeness (QED) is 0.140. The Balaban J connectivity index is 0.000000211. The van der Waals surface area contributed by atoms with Crippen molar-refractivity contribution in [3.05, 3.63) is 24.6 Å². The topological polar surface area (TPSA) is 96.1 Å². The van der Waals surface area contributed by atoms with Gasteiger partial charge in [0.05, 0.1) is 30.4 Å². The van der Waals surface area contributed by atoms with Gasteiger partial charge in [0, 0.05) is 69.3 Å². The molecule has 6 saturated carbocycles. The number of aliphatic hydroxyl groups excluding tert-OH is 1. The molecule has 6 bridgehead atoms. The second-order valence-electron chi connectivity index (χ2n) is 20.8. The molecule has 13 heteroatoms. The van der Waals surface area contributed by atoms with Crippen LogP contribution in [-0.2, 0) is 14.3 Å². The van der Waals surface area contributed by atoms with Crippen LogP contribution in [0.15, 0.2) is 24.6 Å². The zero-order chi connectivity index (χ0) is 47.3. The lowest BCUT2D eigenvalue weighted by molar-refractivity contribution is -0.130. The number of halogens is 6. The molecule has 0 aromatic carbocycles. The molecule has 0 amide bonds. The number of hydrogen-bond acceptors (Lipinski definition) is 7. The Morgan fingerprint density at radius 3 is 1.40 bits per heavy atom. The Hall–Kier alpha value is 1.18. The minimum atomic E-state index is -0.475. The van der Waals surface area contributed by atoms with Gasteiger partial charge in [0.15, 0.2) is 11.6 Å². The van der Waals surface area contributed by atoms with E-state index in [0.717, 1.165) is 116 Å². The Labute approximate surface area is 435 Å². The van der Waals surface area contributed by atoms with Crippen LogP contribution in [-0.4, -0.2) is 107 Å². The molecular weight excluding hydrogens is 1190 g/mol. The van der Waals surface area contributed by atoms with Crippen molar-refractivity contribution >= 4 is 107 Å². The van der Waals surface area contributed by atoms with Crippen molar-refractivity contribution in [2.45, 2.75) is 180 Å². The van der Waals surface area contributed by atoms with Crippen LogP contribution >= 0.6 is 95.6 Å². The zero-order valence-electron chi connectivity index (χ0n) is 39.9. The van der Waals surface area contributed by atoms with Crippen LogP contribution in [0.2, 0.25) is 0 Å². The molecule has 2 heterocycles. The van der Waals surface area contributed by atoms with E-state index in [1.54, 1.807) is 0 Å². The summed E-state index contributed by atoms with van der Waals surface area (Å²) in [6, 6.07) is 0. The first-order valence-electron chi connectivity index (χ1n) is 24.1. The zero-order valence-corrected chi connectivity index (χ0v) is 49.5. The van der Waals surface area contributed by atoms with Gasteiger partial charge in [-0.1, -0.05) is 157 Å². The van der Waals surface area contributed by atoms with E-state index in [1.165, 1.54) is 69.2 Å². The van der Waals surface area contributed by atoms with E-state index in [2.05, 4.69) is 160 Å². The van der Waals surface area contributed by atoms with Gasteiger partial charge in [0.2, 0.25) is 0 Å². The van der Waals surface area contributed by atoms with E-state index in [9.17, 15) is 14.7 Å². The van der Waals surface area contributed by atoms with Gasteiger partial charge in [-0.05, 0) is 130 Å². The van der Waals surface area contributed by atoms with Crippen LogP contribution in [0.25, 0.3) is 0 Å². The molecule has 7 unspecified atom stereocenters. The molecule has 2 saturated heterocycles. The SMILES string of the molecule is BrCCCCBr.BrCCCCCBr.BrCCOCCBr.C=C1CCCN1C12CCC(CC1=O)C2(C)C.C=C1CCCN1C12CCC(CC1O)C2(C)C.CC1(C)C2CCC1(N)C(=O)C2. The fourth-order valence-corrected chi connectivity index (χ4v) is 14.8. The summed E-state index contributed by atoms with van der Waals surface area (Å²) in [4.78, 5) is 28.7. The number of carbonyl (C=O) groups is 2. The number of likely N-dealkylation sites (tertiary alicyclic amines) is 2.